The Labute approximate surface area is 177 Å². The average molecular weight is 456 g/mol. The largest absolute Gasteiger partial charge is 0.465 e. The van der Waals surface area contributed by atoms with Gasteiger partial charge in [-0.3, -0.25) is 4.79 Å². The number of esters is 3. The maximum absolute atomic E-state index is 12.3. The van der Waals surface area contributed by atoms with Gasteiger partial charge < -0.3 is 19.9 Å². The fraction of sp³-hybridized carbons (Fsp3) is 0.278. The quantitative estimate of drug-likeness (QED) is 0.442. The second-order valence-corrected chi connectivity index (χ2v) is 8.66. The molecule has 12 heteroatoms. The van der Waals surface area contributed by atoms with Gasteiger partial charge in [0.2, 0.25) is 10.0 Å². The van der Waals surface area contributed by atoms with E-state index in [1.807, 2.05) is 0 Å². The van der Waals surface area contributed by atoms with Crippen molar-refractivity contribution >= 4 is 44.3 Å². The molecule has 1 aromatic heterocycles. The van der Waals surface area contributed by atoms with Gasteiger partial charge in [-0.25, -0.2) is 18.0 Å². The third-order valence-electron chi connectivity index (χ3n) is 3.89. The zero-order chi connectivity index (χ0) is 22.5. The van der Waals surface area contributed by atoms with Crippen LogP contribution in [0.2, 0.25) is 0 Å². The molecular formula is C18H20N2O8S2. The molecule has 0 radical (unpaired) electrons. The van der Waals surface area contributed by atoms with Crippen molar-refractivity contribution in [2.45, 2.75) is 24.5 Å². The molecule has 0 spiro atoms. The summed E-state index contributed by atoms with van der Waals surface area (Å²) < 4.78 is 41.3. The van der Waals surface area contributed by atoms with Crippen molar-refractivity contribution < 1.29 is 37.0 Å². The van der Waals surface area contributed by atoms with Gasteiger partial charge in [-0.1, -0.05) is 18.2 Å². The van der Waals surface area contributed by atoms with Crippen LogP contribution in [0.15, 0.2) is 35.2 Å². The van der Waals surface area contributed by atoms with Crippen molar-refractivity contribution in [1.82, 2.24) is 4.72 Å². The first-order valence-electron chi connectivity index (χ1n) is 8.44. The van der Waals surface area contributed by atoms with Crippen LogP contribution < -0.4 is 10.5 Å². The number of anilines is 1. The normalized spacial score (nSPS) is 12.1. The van der Waals surface area contributed by atoms with Crippen molar-refractivity contribution in [3.05, 3.63) is 46.3 Å². The Balaban J connectivity index is 2.19. The minimum Gasteiger partial charge on any atom is -0.465 e. The van der Waals surface area contributed by atoms with Gasteiger partial charge in [0.15, 0.2) is 0 Å². The summed E-state index contributed by atoms with van der Waals surface area (Å²) in [4.78, 5) is 36.3. The summed E-state index contributed by atoms with van der Waals surface area (Å²) in [6.45, 7) is 0.784. The molecule has 3 N–H and O–H groups in total. The summed E-state index contributed by atoms with van der Waals surface area (Å²) in [5.41, 5.74) is 5.70. The van der Waals surface area contributed by atoms with Gasteiger partial charge in [0.05, 0.1) is 19.1 Å². The Hall–Kier alpha value is -2.96. The minimum absolute atomic E-state index is 0.00821. The molecule has 10 nitrogen and oxygen atoms in total. The molecule has 0 aliphatic heterocycles. The summed E-state index contributed by atoms with van der Waals surface area (Å²) >= 11 is 0.784. The van der Waals surface area contributed by atoms with Gasteiger partial charge in [-0.05, 0) is 19.1 Å². The third kappa shape index (κ3) is 5.14. The molecule has 1 unspecified atom stereocenters. The fourth-order valence-corrected chi connectivity index (χ4v) is 4.62. The molecule has 0 fully saturated rings. The number of rotatable bonds is 8. The van der Waals surface area contributed by atoms with E-state index in [1.165, 1.54) is 19.1 Å². The number of thiophene rings is 1. The molecule has 0 bridgehead atoms. The van der Waals surface area contributed by atoms with Crippen LogP contribution in [0.5, 0.6) is 0 Å². The van der Waals surface area contributed by atoms with Crippen molar-refractivity contribution in [3.63, 3.8) is 0 Å². The lowest BCUT2D eigenvalue weighted by Gasteiger charge is -2.14. The van der Waals surface area contributed by atoms with Crippen molar-refractivity contribution in [2.75, 3.05) is 20.0 Å². The second kappa shape index (κ2) is 9.69. The highest BCUT2D eigenvalue weighted by Gasteiger charge is 2.29. The van der Waals surface area contributed by atoms with Crippen LogP contribution in [0.25, 0.3) is 0 Å². The first-order chi connectivity index (χ1) is 14.1. The van der Waals surface area contributed by atoms with Gasteiger partial charge in [-0.2, -0.15) is 4.72 Å². The predicted molar refractivity (Wildman–Crippen MR) is 107 cm³/mol. The van der Waals surface area contributed by atoms with Gasteiger partial charge in [-0.15, -0.1) is 11.3 Å². The number of carbonyl (C=O) groups excluding carboxylic acids is 3. The van der Waals surface area contributed by atoms with Crippen molar-refractivity contribution in [1.29, 1.82) is 0 Å². The number of carbonyl (C=O) groups is 3. The van der Waals surface area contributed by atoms with E-state index in [1.54, 1.807) is 18.2 Å². The van der Waals surface area contributed by atoms with Crippen LogP contribution >= 0.6 is 11.3 Å². The summed E-state index contributed by atoms with van der Waals surface area (Å²) in [6.07, 6.45) is 0. The van der Waals surface area contributed by atoms with Crippen LogP contribution in [-0.2, 0) is 35.6 Å². The number of benzene rings is 1. The predicted octanol–water partition coefficient (Wildman–Crippen LogP) is 1.31. The van der Waals surface area contributed by atoms with Crippen LogP contribution in [0.1, 0.15) is 32.5 Å². The number of methoxy groups -OCH3 is 2. The highest BCUT2D eigenvalue weighted by Crippen LogP contribution is 2.33. The summed E-state index contributed by atoms with van der Waals surface area (Å²) in [7, 11) is -1.67. The Morgan fingerprint density at radius 1 is 1.10 bits per heavy atom. The number of nitrogens with one attached hydrogen (secondary N) is 1. The van der Waals surface area contributed by atoms with Crippen LogP contribution in [0, 0.1) is 0 Å². The number of nitrogen functional groups attached to an aromatic ring is 1. The monoisotopic (exact) mass is 456 g/mol. The second-order valence-electron chi connectivity index (χ2n) is 5.90. The van der Waals surface area contributed by atoms with Crippen molar-refractivity contribution in [2.24, 2.45) is 0 Å². The molecule has 0 aliphatic carbocycles. The molecule has 2 aromatic rings. The van der Waals surface area contributed by atoms with E-state index in [2.05, 4.69) is 14.2 Å². The highest BCUT2D eigenvalue weighted by molar-refractivity contribution is 7.89. The zero-order valence-electron chi connectivity index (χ0n) is 16.3. The molecule has 0 amide bonds. The number of hydrogen-bond acceptors (Lipinski definition) is 10. The van der Waals surface area contributed by atoms with E-state index >= 15 is 0 Å². The maximum Gasteiger partial charge on any atom is 0.348 e. The van der Waals surface area contributed by atoms with Gasteiger partial charge in [0, 0.05) is 5.56 Å². The Morgan fingerprint density at radius 2 is 1.70 bits per heavy atom. The SMILES string of the molecule is COC(=O)c1sc(N)c(C(=O)OC)c1COC(=O)C(C)NS(=O)(=O)c1ccccc1. The number of hydrogen-bond donors (Lipinski definition) is 2. The number of ether oxygens (including phenoxy) is 3. The number of nitrogens with two attached hydrogens (primary N) is 1. The Bertz CT molecular complexity index is 1050. The summed E-state index contributed by atoms with van der Waals surface area (Å²) in [5.74, 6) is -2.51. The molecule has 0 saturated carbocycles. The summed E-state index contributed by atoms with van der Waals surface area (Å²) in [5, 5.41) is -0.00821. The molecule has 0 aliphatic rings. The standard InChI is InChI=1S/C18H20N2O8S2/c1-10(20-30(24,25)11-7-5-4-6-8-11)16(21)28-9-12-13(17(22)26-2)15(19)29-14(12)18(23)27-3/h4-8,10,20H,9,19H2,1-3H3. The first-order valence-corrected chi connectivity index (χ1v) is 10.7. The Kier molecular flexibility index (Phi) is 7.54. The molecule has 1 heterocycles. The van der Waals surface area contributed by atoms with Crippen LogP contribution in [0.4, 0.5) is 5.00 Å². The molecule has 30 heavy (non-hydrogen) atoms. The molecule has 1 aromatic carbocycles. The molecule has 0 saturated heterocycles. The smallest absolute Gasteiger partial charge is 0.348 e. The number of sulfonamides is 1. The Morgan fingerprint density at radius 3 is 2.27 bits per heavy atom. The third-order valence-corrected chi connectivity index (χ3v) is 6.49. The van der Waals surface area contributed by atoms with E-state index in [9.17, 15) is 22.8 Å². The topological polar surface area (TPSA) is 151 Å². The fourth-order valence-electron chi connectivity index (χ4n) is 2.42. The average Bonchev–Trinajstić information content (AvgIpc) is 3.07. The lowest BCUT2D eigenvalue weighted by Crippen LogP contribution is -2.39. The minimum atomic E-state index is -3.95. The van der Waals surface area contributed by atoms with Crippen molar-refractivity contribution in [3.8, 4) is 0 Å². The van der Waals surface area contributed by atoms with Crippen LogP contribution in [0.3, 0.4) is 0 Å². The molecule has 1 atom stereocenters. The molecule has 162 valence electrons. The highest BCUT2D eigenvalue weighted by atomic mass is 32.2. The zero-order valence-corrected chi connectivity index (χ0v) is 18.0. The van der Waals surface area contributed by atoms with E-state index in [4.69, 9.17) is 10.5 Å². The summed E-state index contributed by atoms with van der Waals surface area (Å²) in [6, 6.07) is 6.25. The van der Waals surface area contributed by atoms with Crippen LogP contribution in [-0.4, -0.2) is 46.6 Å². The van der Waals surface area contributed by atoms with E-state index in [0.29, 0.717) is 0 Å². The van der Waals surface area contributed by atoms with Gasteiger partial charge >= 0.3 is 17.9 Å². The lowest BCUT2D eigenvalue weighted by molar-refractivity contribution is -0.146. The van der Waals surface area contributed by atoms with Gasteiger partial charge in [0.25, 0.3) is 0 Å². The van der Waals surface area contributed by atoms with E-state index in [0.717, 1.165) is 25.6 Å². The maximum atomic E-state index is 12.3. The van der Waals surface area contributed by atoms with E-state index in [-0.39, 0.29) is 25.9 Å². The molecular weight excluding hydrogens is 436 g/mol. The molecule has 2 rings (SSSR count). The van der Waals surface area contributed by atoms with E-state index < -0.39 is 40.6 Å². The first kappa shape index (κ1) is 23.3. The lowest BCUT2D eigenvalue weighted by atomic mass is 10.1. The van der Waals surface area contributed by atoms with Gasteiger partial charge in [0.1, 0.15) is 28.1 Å².